The lowest BCUT2D eigenvalue weighted by atomic mass is 10.1. The maximum absolute atomic E-state index is 12.1. The third kappa shape index (κ3) is 2.77. The maximum Gasteiger partial charge on any atom is 0.0618 e. The van der Waals surface area contributed by atoms with Crippen molar-refractivity contribution in [3.8, 4) is 0 Å². The van der Waals surface area contributed by atoms with Crippen molar-refractivity contribution < 1.29 is 4.21 Å². The summed E-state index contributed by atoms with van der Waals surface area (Å²) in [6, 6.07) is 5.20. The topological polar surface area (TPSA) is 43.1 Å². The Labute approximate surface area is 104 Å². The van der Waals surface area contributed by atoms with Gasteiger partial charge in [-0.05, 0) is 37.0 Å². The van der Waals surface area contributed by atoms with Crippen LogP contribution in [-0.2, 0) is 10.8 Å². The number of rotatable bonds is 3. The van der Waals surface area contributed by atoms with Crippen LogP contribution >= 0.6 is 11.6 Å². The van der Waals surface area contributed by atoms with E-state index in [2.05, 4.69) is 0 Å². The standard InChI is InChI=1S/C12H16ClNOS/c13-10-5-6-12(11(14)7-10)16(15)8-9-3-1-2-4-9/h5-7,9H,1-4,8,14H2. The Balaban J connectivity index is 2.08. The predicted molar refractivity (Wildman–Crippen MR) is 69.1 cm³/mol. The Morgan fingerprint density at radius 1 is 1.38 bits per heavy atom. The van der Waals surface area contributed by atoms with Crippen LogP contribution in [0.25, 0.3) is 0 Å². The molecule has 0 amide bonds. The van der Waals surface area contributed by atoms with Gasteiger partial charge in [0.25, 0.3) is 0 Å². The largest absolute Gasteiger partial charge is 0.398 e. The number of nitrogen functional groups attached to an aromatic ring is 1. The van der Waals surface area contributed by atoms with Gasteiger partial charge in [0.2, 0.25) is 0 Å². The van der Waals surface area contributed by atoms with Gasteiger partial charge < -0.3 is 5.73 Å². The monoisotopic (exact) mass is 257 g/mol. The van der Waals surface area contributed by atoms with Gasteiger partial charge in [-0.1, -0.05) is 24.4 Å². The highest BCUT2D eigenvalue weighted by atomic mass is 35.5. The summed E-state index contributed by atoms with van der Waals surface area (Å²) >= 11 is 5.81. The molecule has 1 aliphatic rings. The van der Waals surface area contributed by atoms with Gasteiger partial charge >= 0.3 is 0 Å². The van der Waals surface area contributed by atoms with Crippen molar-refractivity contribution in [2.24, 2.45) is 5.92 Å². The van der Waals surface area contributed by atoms with Crippen LogP contribution in [-0.4, -0.2) is 9.96 Å². The van der Waals surface area contributed by atoms with E-state index < -0.39 is 10.8 Å². The molecule has 88 valence electrons. The lowest BCUT2D eigenvalue weighted by Gasteiger charge is -2.10. The molecular weight excluding hydrogens is 242 g/mol. The third-order valence-electron chi connectivity index (χ3n) is 3.08. The Morgan fingerprint density at radius 3 is 2.69 bits per heavy atom. The molecule has 1 aliphatic carbocycles. The van der Waals surface area contributed by atoms with Crippen LogP contribution in [0.3, 0.4) is 0 Å². The van der Waals surface area contributed by atoms with Gasteiger partial charge in [-0.3, -0.25) is 4.21 Å². The quantitative estimate of drug-likeness (QED) is 0.845. The fourth-order valence-corrected chi connectivity index (χ4v) is 3.87. The molecule has 0 radical (unpaired) electrons. The van der Waals surface area contributed by atoms with Gasteiger partial charge in [-0.25, -0.2) is 0 Å². The molecule has 1 aromatic carbocycles. The van der Waals surface area contributed by atoms with Crippen LogP contribution in [0, 0.1) is 5.92 Å². The number of hydrogen-bond donors (Lipinski definition) is 1. The maximum atomic E-state index is 12.1. The van der Waals surface area contributed by atoms with Crippen LogP contribution < -0.4 is 5.73 Å². The van der Waals surface area contributed by atoms with Crippen LogP contribution in [0.4, 0.5) is 5.69 Å². The van der Waals surface area contributed by atoms with Gasteiger partial charge in [0.1, 0.15) is 0 Å². The second-order valence-electron chi connectivity index (χ2n) is 4.34. The zero-order valence-corrected chi connectivity index (χ0v) is 10.7. The summed E-state index contributed by atoms with van der Waals surface area (Å²) < 4.78 is 12.1. The molecule has 2 rings (SSSR count). The molecule has 4 heteroatoms. The summed E-state index contributed by atoms with van der Waals surface area (Å²) in [5.74, 6) is 1.35. The van der Waals surface area contributed by atoms with Crippen LogP contribution in [0.2, 0.25) is 5.02 Å². The third-order valence-corrected chi connectivity index (χ3v) is 4.95. The molecule has 1 atom stereocenters. The van der Waals surface area contributed by atoms with E-state index in [9.17, 15) is 4.21 Å². The highest BCUT2D eigenvalue weighted by Gasteiger charge is 2.19. The Bertz CT molecular complexity index is 402. The highest BCUT2D eigenvalue weighted by Crippen LogP contribution is 2.28. The minimum Gasteiger partial charge on any atom is -0.398 e. The second kappa shape index (κ2) is 5.19. The number of nitrogens with two attached hydrogens (primary N) is 1. The SMILES string of the molecule is Nc1cc(Cl)ccc1S(=O)CC1CCCC1. The zero-order valence-electron chi connectivity index (χ0n) is 9.12. The normalized spacial score (nSPS) is 18.8. The molecule has 0 aromatic heterocycles. The van der Waals surface area contributed by atoms with E-state index >= 15 is 0 Å². The fourth-order valence-electron chi connectivity index (χ4n) is 2.21. The summed E-state index contributed by atoms with van der Waals surface area (Å²) in [6.45, 7) is 0. The first-order chi connectivity index (χ1) is 7.66. The molecule has 0 bridgehead atoms. The van der Waals surface area contributed by atoms with Crippen LogP contribution in [0.15, 0.2) is 23.1 Å². The van der Waals surface area contributed by atoms with Crippen LogP contribution in [0.5, 0.6) is 0 Å². The average Bonchev–Trinajstić information content (AvgIpc) is 2.70. The average molecular weight is 258 g/mol. The number of benzene rings is 1. The number of anilines is 1. The molecule has 16 heavy (non-hydrogen) atoms. The Kier molecular flexibility index (Phi) is 3.87. The van der Waals surface area contributed by atoms with E-state index in [0.29, 0.717) is 16.6 Å². The molecule has 0 heterocycles. The number of hydrogen-bond acceptors (Lipinski definition) is 2. The first kappa shape index (κ1) is 11.9. The van der Waals surface area contributed by atoms with Crippen molar-refractivity contribution in [3.05, 3.63) is 23.2 Å². The highest BCUT2D eigenvalue weighted by molar-refractivity contribution is 7.85. The first-order valence-electron chi connectivity index (χ1n) is 5.60. The van der Waals surface area contributed by atoms with Crippen molar-refractivity contribution in [1.82, 2.24) is 0 Å². The van der Waals surface area contributed by atoms with Gasteiger partial charge in [-0.2, -0.15) is 0 Å². The predicted octanol–water partition coefficient (Wildman–Crippen LogP) is 3.22. The van der Waals surface area contributed by atoms with E-state index in [0.717, 1.165) is 10.6 Å². The van der Waals surface area contributed by atoms with E-state index in [1.165, 1.54) is 25.7 Å². The summed E-state index contributed by atoms with van der Waals surface area (Å²) in [6.07, 6.45) is 4.97. The molecule has 1 aromatic rings. The summed E-state index contributed by atoms with van der Waals surface area (Å²) in [5, 5.41) is 0.596. The molecule has 1 saturated carbocycles. The number of halogens is 1. The second-order valence-corrected chi connectivity index (χ2v) is 6.25. The first-order valence-corrected chi connectivity index (χ1v) is 7.30. The van der Waals surface area contributed by atoms with Crippen LogP contribution in [0.1, 0.15) is 25.7 Å². The molecule has 2 N–H and O–H groups in total. The van der Waals surface area contributed by atoms with Gasteiger partial charge in [0.05, 0.1) is 15.7 Å². The summed E-state index contributed by atoms with van der Waals surface area (Å²) in [7, 11) is -0.977. The zero-order chi connectivity index (χ0) is 11.5. The lowest BCUT2D eigenvalue weighted by molar-refractivity contribution is 0.604. The van der Waals surface area contributed by atoms with E-state index in [1.807, 2.05) is 0 Å². The van der Waals surface area contributed by atoms with Gasteiger partial charge in [0.15, 0.2) is 0 Å². The van der Waals surface area contributed by atoms with Gasteiger partial charge in [0, 0.05) is 16.5 Å². The Morgan fingerprint density at radius 2 is 2.06 bits per heavy atom. The van der Waals surface area contributed by atoms with E-state index in [-0.39, 0.29) is 0 Å². The summed E-state index contributed by atoms with van der Waals surface area (Å²) in [5.41, 5.74) is 6.36. The molecule has 1 fully saturated rings. The minimum absolute atomic E-state index is 0.545. The van der Waals surface area contributed by atoms with E-state index in [4.69, 9.17) is 17.3 Å². The van der Waals surface area contributed by atoms with E-state index in [1.54, 1.807) is 18.2 Å². The van der Waals surface area contributed by atoms with Crippen molar-refractivity contribution in [3.63, 3.8) is 0 Å². The lowest BCUT2D eigenvalue weighted by Crippen LogP contribution is -2.09. The van der Waals surface area contributed by atoms with Crippen molar-refractivity contribution in [2.75, 3.05) is 11.5 Å². The summed E-state index contributed by atoms with van der Waals surface area (Å²) in [4.78, 5) is 0.733. The molecular formula is C12H16ClNOS. The van der Waals surface area contributed by atoms with Crippen molar-refractivity contribution >= 4 is 28.1 Å². The molecule has 0 saturated heterocycles. The molecule has 0 spiro atoms. The minimum atomic E-state index is -0.977. The fraction of sp³-hybridized carbons (Fsp3) is 0.500. The smallest absolute Gasteiger partial charge is 0.0618 e. The molecule has 0 aliphatic heterocycles. The molecule has 2 nitrogen and oxygen atoms in total. The van der Waals surface area contributed by atoms with Crippen molar-refractivity contribution in [2.45, 2.75) is 30.6 Å². The Hall–Kier alpha value is -0.540. The van der Waals surface area contributed by atoms with Gasteiger partial charge in [-0.15, -0.1) is 0 Å². The van der Waals surface area contributed by atoms with Crippen molar-refractivity contribution in [1.29, 1.82) is 0 Å². The molecule has 1 unspecified atom stereocenters.